The van der Waals surface area contributed by atoms with Gasteiger partial charge in [0.2, 0.25) is 0 Å². The van der Waals surface area contributed by atoms with E-state index in [9.17, 15) is 14.7 Å². The molecule has 1 atom stereocenters. The first-order chi connectivity index (χ1) is 16.0. The molecule has 3 heterocycles. The fourth-order valence-corrected chi connectivity index (χ4v) is 5.38. The molecular formula is C26H28N4O3. The minimum Gasteiger partial charge on any atom is -0.545 e. The quantitative estimate of drug-likeness (QED) is 0.612. The Labute approximate surface area is 193 Å². The smallest absolute Gasteiger partial charge is 0.377 e. The van der Waals surface area contributed by atoms with Crippen molar-refractivity contribution in [2.45, 2.75) is 19.8 Å². The number of H-pyrrole nitrogens is 1. The summed E-state index contributed by atoms with van der Waals surface area (Å²) in [6, 6.07) is 15.1. The number of allylic oxidation sites excluding steroid dienone is 1. The topological polar surface area (TPSA) is 79.5 Å². The van der Waals surface area contributed by atoms with E-state index in [0.717, 1.165) is 30.4 Å². The van der Waals surface area contributed by atoms with Crippen LogP contribution in [0.4, 0.5) is 5.69 Å². The number of carbonyl (C=O) groups is 2. The normalized spacial score (nSPS) is 21.5. The van der Waals surface area contributed by atoms with Crippen LogP contribution in [0, 0.1) is 0 Å². The molecule has 0 spiro atoms. The van der Waals surface area contributed by atoms with Crippen molar-refractivity contribution in [2.75, 3.05) is 33.2 Å². The van der Waals surface area contributed by atoms with E-state index >= 15 is 0 Å². The van der Waals surface area contributed by atoms with E-state index in [1.165, 1.54) is 0 Å². The number of nitrogens with zero attached hydrogens (tertiary/aromatic N) is 3. The number of fused-ring (bicyclic) bond motifs is 2. The van der Waals surface area contributed by atoms with Crippen molar-refractivity contribution in [3.63, 3.8) is 0 Å². The molecule has 7 heteroatoms. The summed E-state index contributed by atoms with van der Waals surface area (Å²) in [7, 11) is 2.07. The van der Waals surface area contributed by atoms with E-state index < -0.39 is 5.97 Å². The minimum atomic E-state index is -1.23. The number of aromatic nitrogens is 1. The van der Waals surface area contributed by atoms with E-state index in [1.807, 2.05) is 49.4 Å². The molecule has 0 aliphatic carbocycles. The highest BCUT2D eigenvalue weighted by Gasteiger charge is 2.57. The number of carboxylic acid groups (broad SMARTS) is 1. The van der Waals surface area contributed by atoms with Gasteiger partial charge in [0, 0.05) is 42.7 Å². The van der Waals surface area contributed by atoms with Gasteiger partial charge in [-0.25, -0.2) is 4.79 Å². The molecule has 2 aliphatic heterocycles. The largest absolute Gasteiger partial charge is 0.545 e. The second-order valence-corrected chi connectivity index (χ2v) is 8.82. The van der Waals surface area contributed by atoms with Gasteiger partial charge in [0.05, 0.1) is 30.2 Å². The highest BCUT2D eigenvalue weighted by Crippen LogP contribution is 2.50. The van der Waals surface area contributed by atoms with Crippen LogP contribution in [-0.4, -0.2) is 60.0 Å². The van der Waals surface area contributed by atoms with Crippen LogP contribution >= 0.6 is 0 Å². The van der Waals surface area contributed by atoms with Gasteiger partial charge in [-0.2, -0.15) is 0 Å². The van der Waals surface area contributed by atoms with Gasteiger partial charge in [-0.05, 0) is 25.6 Å². The van der Waals surface area contributed by atoms with Gasteiger partial charge in [-0.15, -0.1) is 9.60 Å². The number of para-hydroxylation sites is 2. The first-order valence-electron chi connectivity index (χ1n) is 11.5. The number of benzene rings is 2. The molecule has 1 aromatic heterocycles. The van der Waals surface area contributed by atoms with Crippen molar-refractivity contribution >= 4 is 34.0 Å². The fourth-order valence-electron chi connectivity index (χ4n) is 5.38. The number of carbonyl (C=O) groups excluding carboxylic acids is 2. The average molecular weight is 445 g/mol. The molecule has 0 bridgehead atoms. The monoisotopic (exact) mass is 444 g/mol. The zero-order valence-corrected chi connectivity index (χ0v) is 19.0. The van der Waals surface area contributed by atoms with Crippen molar-refractivity contribution in [3.05, 3.63) is 71.6 Å². The first kappa shape index (κ1) is 21.6. The third-order valence-electron chi connectivity index (χ3n) is 6.91. The van der Waals surface area contributed by atoms with E-state index in [2.05, 4.69) is 21.9 Å². The Morgan fingerprint density at radius 1 is 1.03 bits per heavy atom. The summed E-state index contributed by atoms with van der Waals surface area (Å²) in [5.74, 6) is -1.36. The molecule has 3 aromatic rings. The van der Waals surface area contributed by atoms with E-state index in [0.29, 0.717) is 42.0 Å². The zero-order valence-electron chi connectivity index (χ0n) is 19.0. The number of piperazine rings is 1. The number of aliphatic carboxylic acids is 1. The van der Waals surface area contributed by atoms with Gasteiger partial charge in [0.15, 0.2) is 11.4 Å². The Kier molecular flexibility index (Phi) is 5.40. The number of aromatic amines is 1. The minimum absolute atomic E-state index is 0.135. The van der Waals surface area contributed by atoms with Crippen LogP contribution in [0.15, 0.2) is 60.4 Å². The Balaban J connectivity index is 1.82. The molecule has 33 heavy (non-hydrogen) atoms. The van der Waals surface area contributed by atoms with Gasteiger partial charge in [-0.1, -0.05) is 37.3 Å². The molecule has 170 valence electrons. The van der Waals surface area contributed by atoms with Gasteiger partial charge in [0.1, 0.15) is 5.56 Å². The molecule has 7 nitrogen and oxygen atoms in total. The number of amides is 1. The molecule has 1 saturated heterocycles. The molecule has 1 fully saturated rings. The summed E-state index contributed by atoms with van der Waals surface area (Å²) in [5, 5.41) is 15.5. The lowest BCUT2D eigenvalue weighted by Crippen LogP contribution is -2.67. The highest BCUT2D eigenvalue weighted by atomic mass is 16.4. The lowest BCUT2D eigenvalue weighted by Gasteiger charge is -2.45. The van der Waals surface area contributed by atoms with Crippen LogP contribution in [-0.2, 0) is 4.79 Å². The maximum atomic E-state index is 14.7. The summed E-state index contributed by atoms with van der Waals surface area (Å²) in [5.41, 5.74) is 3.46. The SMILES string of the molecule is CCCC1=C(C(=O)[O-])c2ccccc2[N+]1(C(=O)c1c[nH]c2ccccc12)N1CCN(C)CC1. The number of likely N-dealkylation sites (N-methyl/N-ethyl adjacent to an activating group) is 1. The van der Waals surface area contributed by atoms with Crippen molar-refractivity contribution in [1.29, 1.82) is 0 Å². The van der Waals surface area contributed by atoms with Crippen molar-refractivity contribution < 1.29 is 14.7 Å². The van der Waals surface area contributed by atoms with Crippen LogP contribution in [0.3, 0.4) is 0 Å². The highest BCUT2D eigenvalue weighted by molar-refractivity contribution is 6.24. The van der Waals surface area contributed by atoms with E-state index in [-0.39, 0.29) is 16.1 Å². The van der Waals surface area contributed by atoms with Crippen molar-refractivity contribution in [1.82, 2.24) is 19.5 Å². The van der Waals surface area contributed by atoms with Gasteiger partial charge < -0.3 is 19.8 Å². The van der Waals surface area contributed by atoms with Gasteiger partial charge in [-0.3, -0.25) is 0 Å². The maximum Gasteiger partial charge on any atom is 0.377 e. The third kappa shape index (κ3) is 3.15. The Hall–Kier alpha value is -3.26. The van der Waals surface area contributed by atoms with Crippen LogP contribution in [0.1, 0.15) is 35.7 Å². The predicted molar refractivity (Wildman–Crippen MR) is 127 cm³/mol. The lowest BCUT2D eigenvalue weighted by atomic mass is 10.0. The summed E-state index contributed by atoms with van der Waals surface area (Å²) in [6.45, 7) is 4.89. The maximum absolute atomic E-state index is 14.7. The molecule has 1 unspecified atom stereocenters. The molecule has 0 radical (unpaired) electrons. The molecule has 1 N–H and O–H groups in total. The van der Waals surface area contributed by atoms with Crippen LogP contribution in [0.2, 0.25) is 0 Å². The van der Waals surface area contributed by atoms with E-state index in [1.54, 1.807) is 12.3 Å². The Morgan fingerprint density at radius 2 is 1.73 bits per heavy atom. The Bertz CT molecular complexity index is 1270. The predicted octanol–water partition coefficient (Wildman–Crippen LogP) is 2.75. The van der Waals surface area contributed by atoms with Crippen molar-refractivity contribution in [2.24, 2.45) is 0 Å². The first-order valence-corrected chi connectivity index (χ1v) is 11.5. The van der Waals surface area contributed by atoms with Crippen LogP contribution in [0.5, 0.6) is 0 Å². The molecule has 2 aliphatic rings. The summed E-state index contributed by atoms with van der Waals surface area (Å²) < 4.78 is -0.205. The Morgan fingerprint density at radius 3 is 2.45 bits per heavy atom. The van der Waals surface area contributed by atoms with Gasteiger partial charge in [0.25, 0.3) is 0 Å². The summed E-state index contributed by atoms with van der Waals surface area (Å²) in [4.78, 5) is 32.6. The second kappa shape index (κ2) is 8.26. The molecule has 2 aromatic carbocycles. The molecule has 1 amide bonds. The molecule has 0 saturated carbocycles. The molecular weight excluding hydrogens is 416 g/mol. The van der Waals surface area contributed by atoms with Crippen LogP contribution < -0.4 is 9.70 Å². The lowest BCUT2D eigenvalue weighted by molar-refractivity contribution is -0.295. The third-order valence-corrected chi connectivity index (χ3v) is 6.91. The average Bonchev–Trinajstić information content (AvgIpc) is 3.37. The van der Waals surface area contributed by atoms with E-state index in [4.69, 9.17) is 0 Å². The molecule has 5 rings (SSSR count). The number of quaternary nitrogens is 1. The number of carboxylic acids is 1. The standard InChI is InChI=1S/C26H28N4O3/c1-3-8-23-24(26(32)33)19-10-5-7-12-22(19)30(23,29-15-13-28(2)14-16-29)25(31)20-17-27-21-11-6-4-9-18(20)21/h4-7,9-12,17H,3,8,13-16H2,1-2H3,(H-,27,31,32,33). The second-order valence-electron chi connectivity index (χ2n) is 8.82. The fraction of sp³-hybridized carbons (Fsp3) is 0.308. The summed E-state index contributed by atoms with van der Waals surface area (Å²) in [6.07, 6.45) is 2.96. The number of rotatable bonds is 5. The zero-order chi connectivity index (χ0) is 23.2. The van der Waals surface area contributed by atoms with Crippen molar-refractivity contribution in [3.8, 4) is 0 Å². The number of hydrogen-bond acceptors (Lipinski definition) is 5. The van der Waals surface area contributed by atoms with Crippen LogP contribution in [0.25, 0.3) is 16.5 Å². The number of nitrogens with one attached hydrogen (secondary N) is 1. The summed E-state index contributed by atoms with van der Waals surface area (Å²) >= 11 is 0. The van der Waals surface area contributed by atoms with Gasteiger partial charge >= 0.3 is 5.91 Å². The number of hydrogen-bond donors (Lipinski definition) is 1.